The predicted molar refractivity (Wildman–Crippen MR) is 173 cm³/mol. The number of halogens is 2. The second-order valence-corrected chi connectivity index (χ2v) is 11.6. The maximum atomic E-state index is 13.1. The van der Waals surface area contributed by atoms with Crippen molar-refractivity contribution in [2.24, 2.45) is 5.73 Å². The van der Waals surface area contributed by atoms with E-state index in [1.807, 2.05) is 31.2 Å². The first kappa shape index (κ1) is 36.9. The molecule has 3 saturated heterocycles. The molecule has 5 unspecified atom stereocenters. The fourth-order valence-corrected chi connectivity index (χ4v) is 5.38. The number of carbonyl (C=O) groups excluding carboxylic acids is 3. The smallest absolute Gasteiger partial charge is 0.264 e. The Bertz CT molecular complexity index is 1390. The predicted octanol–water partition coefficient (Wildman–Crippen LogP) is 2.69. The number of Topliss-reactive ketones (excluding diaryl/α,β-unsaturated/α-hetero) is 1. The molecule has 0 bridgehead atoms. The van der Waals surface area contributed by atoms with E-state index < -0.39 is 72.5 Å². The van der Waals surface area contributed by atoms with Crippen LogP contribution >= 0.6 is 23.2 Å². The zero-order valence-corrected chi connectivity index (χ0v) is 26.5. The average Bonchev–Trinajstić information content (AvgIpc) is 3.45. The van der Waals surface area contributed by atoms with Gasteiger partial charge in [0.15, 0.2) is 12.0 Å². The number of alkyl halides is 1. The molecule has 0 spiro atoms. The number of hydrogen-bond acceptors (Lipinski definition) is 9. The summed E-state index contributed by atoms with van der Waals surface area (Å²) in [7, 11) is 0. The van der Waals surface area contributed by atoms with Gasteiger partial charge in [0, 0.05) is 5.03 Å². The summed E-state index contributed by atoms with van der Waals surface area (Å²) in [5, 5.41) is 41.1. The van der Waals surface area contributed by atoms with Crippen LogP contribution in [-0.4, -0.2) is 97.7 Å². The molecule has 0 radical (unpaired) electrons. The lowest BCUT2D eigenvalue weighted by atomic mass is 10.0. The number of ether oxygens (including phenoxy) is 2. The van der Waals surface area contributed by atoms with Crippen LogP contribution in [0.5, 0.6) is 0 Å². The van der Waals surface area contributed by atoms with Gasteiger partial charge >= 0.3 is 0 Å². The van der Waals surface area contributed by atoms with Gasteiger partial charge in [0.2, 0.25) is 5.91 Å². The number of nitrogens with two attached hydrogens (primary N) is 1. The highest BCUT2D eigenvalue weighted by molar-refractivity contribution is 6.31. The molecular formula is C33H38Cl2N2O9. The highest BCUT2D eigenvalue weighted by Crippen LogP contribution is 2.31. The number of aliphatic hydroxyl groups is 4. The number of likely N-dealkylation sites (tertiary alicyclic amines) is 1. The van der Waals surface area contributed by atoms with E-state index in [-0.39, 0.29) is 17.6 Å². The van der Waals surface area contributed by atoms with Crippen molar-refractivity contribution in [1.29, 1.82) is 0 Å². The number of primary amides is 1. The Morgan fingerprint density at radius 1 is 0.957 bits per heavy atom. The van der Waals surface area contributed by atoms with Gasteiger partial charge in [-0.15, -0.1) is 11.6 Å². The lowest BCUT2D eigenvalue weighted by molar-refractivity contribution is -0.229. The molecule has 0 aromatic carbocycles. The Morgan fingerprint density at radius 2 is 1.57 bits per heavy atom. The van der Waals surface area contributed by atoms with E-state index in [0.717, 1.165) is 17.4 Å². The van der Waals surface area contributed by atoms with E-state index in [1.165, 1.54) is 12.2 Å². The average molecular weight is 678 g/mol. The molecule has 11 nitrogen and oxygen atoms in total. The first-order valence-corrected chi connectivity index (χ1v) is 15.3. The van der Waals surface area contributed by atoms with Crippen molar-refractivity contribution in [1.82, 2.24) is 4.90 Å². The molecule has 2 amide bonds. The van der Waals surface area contributed by atoms with Gasteiger partial charge in [0.1, 0.15) is 35.7 Å². The molecule has 248 valence electrons. The normalized spacial score (nSPS) is 32.8. The Morgan fingerprint density at radius 3 is 2.20 bits per heavy atom. The third-order valence-electron chi connectivity index (χ3n) is 7.10. The van der Waals surface area contributed by atoms with Crippen molar-refractivity contribution in [2.75, 3.05) is 6.61 Å². The topological polar surface area (TPSA) is 180 Å². The Hall–Kier alpha value is -3.55. The molecule has 0 saturated carbocycles. The third kappa shape index (κ3) is 10.2. The first-order chi connectivity index (χ1) is 21.9. The van der Waals surface area contributed by atoms with E-state index in [0.29, 0.717) is 5.03 Å². The van der Waals surface area contributed by atoms with Crippen molar-refractivity contribution in [3.05, 3.63) is 108 Å². The van der Waals surface area contributed by atoms with Gasteiger partial charge in [-0.25, -0.2) is 0 Å². The van der Waals surface area contributed by atoms with Crippen LogP contribution in [0.2, 0.25) is 0 Å². The molecule has 6 N–H and O–H groups in total. The molecule has 3 aliphatic heterocycles. The van der Waals surface area contributed by atoms with E-state index >= 15 is 0 Å². The fourth-order valence-electron chi connectivity index (χ4n) is 4.84. The zero-order valence-electron chi connectivity index (χ0n) is 25.0. The largest absolute Gasteiger partial charge is 0.507 e. The van der Waals surface area contributed by atoms with Crippen LogP contribution < -0.4 is 5.73 Å². The molecule has 13 heteroatoms. The molecule has 8 atom stereocenters. The second-order valence-electron chi connectivity index (χ2n) is 10.7. The maximum Gasteiger partial charge on any atom is 0.264 e. The SMILES string of the molecule is C[C@@H]1C[C@H](Cl)C(/C=C/C=C\C=C\C(Cl)=C\C=C\C=C\C=C\C=C\C(O)=C2/C(=O)[C@H](CC(N)=O)N(C3OCC(O)C(O)C3O)C2=O)O1. The van der Waals surface area contributed by atoms with Crippen LogP contribution in [0.1, 0.15) is 19.8 Å². The summed E-state index contributed by atoms with van der Waals surface area (Å²) in [5.41, 5.74) is 4.62. The summed E-state index contributed by atoms with van der Waals surface area (Å²) in [6.07, 6.45) is 19.2. The lowest BCUT2D eigenvalue weighted by Crippen LogP contribution is -2.61. The van der Waals surface area contributed by atoms with Crippen molar-refractivity contribution < 1.29 is 44.3 Å². The number of allylic oxidation sites excluding steroid dienone is 15. The summed E-state index contributed by atoms with van der Waals surface area (Å²) < 4.78 is 11.0. The van der Waals surface area contributed by atoms with Crippen LogP contribution in [-0.2, 0) is 23.9 Å². The number of aliphatic hydroxyl groups excluding tert-OH is 4. The minimum atomic E-state index is -1.78. The summed E-state index contributed by atoms with van der Waals surface area (Å²) in [5.74, 6) is -3.52. The number of amides is 2. The highest BCUT2D eigenvalue weighted by Gasteiger charge is 2.53. The van der Waals surface area contributed by atoms with Gasteiger partial charge in [0.25, 0.3) is 5.91 Å². The van der Waals surface area contributed by atoms with Crippen molar-refractivity contribution in [2.45, 2.75) is 67.9 Å². The Labute approximate surface area is 277 Å². The van der Waals surface area contributed by atoms with Crippen LogP contribution in [0.15, 0.2) is 108 Å². The lowest BCUT2D eigenvalue weighted by Gasteiger charge is -2.41. The maximum absolute atomic E-state index is 13.1. The Balaban J connectivity index is 1.53. The van der Waals surface area contributed by atoms with Crippen molar-refractivity contribution >= 4 is 40.8 Å². The molecular weight excluding hydrogens is 639 g/mol. The highest BCUT2D eigenvalue weighted by atomic mass is 35.5. The van der Waals surface area contributed by atoms with Crippen LogP contribution in [0.25, 0.3) is 0 Å². The Kier molecular flexibility index (Phi) is 14.4. The quantitative estimate of drug-likeness (QED) is 0.0683. The summed E-state index contributed by atoms with van der Waals surface area (Å²) >= 11 is 12.4. The standard InChI is InChI=1S/C33H38Cl2N2O9/c1-20-17-22(35)26(46-20)16-12-8-7-10-14-21(34)13-9-5-3-2-4-6-11-15-24(38)28-29(41)23(18-27(36)40)37(32(28)44)33-31(43)30(42)25(39)19-45-33/h2-16,20,22-23,25-26,30-31,33,38-39,42-43H,17-19H2,1H3,(H2,36,40)/b3-2+,6-4+,8-7-,9-5+,14-10+,15-11+,16-12+,21-13-,28-24-/t20-,22+,23+,25?,26?,30?,31?,33?/m1/s1. The van der Waals surface area contributed by atoms with Gasteiger partial charge in [-0.2, -0.15) is 0 Å². The molecule has 0 aromatic heterocycles. The summed E-state index contributed by atoms with van der Waals surface area (Å²) in [4.78, 5) is 38.5. The van der Waals surface area contributed by atoms with E-state index in [1.54, 1.807) is 48.6 Å². The van der Waals surface area contributed by atoms with Gasteiger partial charge < -0.3 is 35.6 Å². The number of nitrogens with zero attached hydrogens (tertiary/aromatic N) is 1. The minimum Gasteiger partial charge on any atom is -0.507 e. The number of ketones is 1. The number of rotatable bonds is 12. The minimum absolute atomic E-state index is 0.0149. The van der Waals surface area contributed by atoms with Crippen LogP contribution in [0, 0.1) is 0 Å². The number of hydrogen-bond donors (Lipinski definition) is 5. The fraction of sp³-hybridized carbons (Fsp3) is 0.364. The molecule has 46 heavy (non-hydrogen) atoms. The zero-order chi connectivity index (χ0) is 33.8. The molecule has 3 aliphatic rings. The summed E-state index contributed by atoms with van der Waals surface area (Å²) in [6.45, 7) is 1.56. The first-order valence-electron chi connectivity index (χ1n) is 14.5. The number of carbonyl (C=O) groups is 3. The van der Waals surface area contributed by atoms with Crippen molar-refractivity contribution in [3.63, 3.8) is 0 Å². The molecule has 0 aliphatic carbocycles. The summed E-state index contributed by atoms with van der Waals surface area (Å²) in [6, 6.07) is -1.47. The van der Waals surface area contributed by atoms with Gasteiger partial charge in [-0.3, -0.25) is 19.3 Å². The van der Waals surface area contributed by atoms with E-state index in [2.05, 4.69) is 0 Å². The molecule has 3 rings (SSSR count). The van der Waals surface area contributed by atoms with Crippen LogP contribution in [0.3, 0.4) is 0 Å². The monoisotopic (exact) mass is 676 g/mol. The van der Waals surface area contributed by atoms with Crippen LogP contribution in [0.4, 0.5) is 0 Å². The molecule has 3 heterocycles. The van der Waals surface area contributed by atoms with E-state index in [9.17, 15) is 34.8 Å². The van der Waals surface area contributed by atoms with Gasteiger partial charge in [0.05, 0.1) is 30.6 Å². The van der Waals surface area contributed by atoms with E-state index in [4.69, 9.17) is 38.4 Å². The van der Waals surface area contributed by atoms with Gasteiger partial charge in [-0.1, -0.05) is 84.5 Å². The van der Waals surface area contributed by atoms with Gasteiger partial charge in [-0.05, 0) is 31.6 Å². The van der Waals surface area contributed by atoms with Crippen molar-refractivity contribution in [3.8, 4) is 0 Å². The third-order valence-corrected chi connectivity index (χ3v) is 7.78. The molecule has 0 aromatic rings. The second kappa shape index (κ2) is 18.0. The molecule has 3 fully saturated rings.